The standard InChI is InChI=1S/C14H11FN2/c1-17-9-16-13-8-11(5-6-14(13)17)10-3-2-4-12(15)7-10/h2-9H,1H3. The zero-order valence-corrected chi connectivity index (χ0v) is 9.39. The summed E-state index contributed by atoms with van der Waals surface area (Å²) in [5.74, 6) is -0.219. The zero-order valence-electron chi connectivity index (χ0n) is 9.39. The predicted molar refractivity (Wildman–Crippen MR) is 66.1 cm³/mol. The molecule has 0 saturated carbocycles. The van der Waals surface area contributed by atoms with Gasteiger partial charge >= 0.3 is 0 Å². The Morgan fingerprint density at radius 1 is 1.06 bits per heavy atom. The number of hydrogen-bond donors (Lipinski definition) is 0. The first kappa shape index (κ1) is 10.0. The highest BCUT2D eigenvalue weighted by molar-refractivity contribution is 5.82. The molecule has 0 radical (unpaired) electrons. The number of aryl methyl sites for hydroxylation is 1. The first-order chi connectivity index (χ1) is 8.24. The maximum absolute atomic E-state index is 13.2. The van der Waals surface area contributed by atoms with Crippen LogP contribution in [0.25, 0.3) is 22.2 Å². The largest absolute Gasteiger partial charge is 0.334 e. The number of aromatic nitrogens is 2. The number of nitrogens with zero attached hydrogens (tertiary/aromatic N) is 2. The molecule has 1 heterocycles. The van der Waals surface area contributed by atoms with Gasteiger partial charge in [-0.15, -0.1) is 0 Å². The molecule has 2 nitrogen and oxygen atoms in total. The van der Waals surface area contributed by atoms with E-state index in [0.29, 0.717) is 0 Å². The van der Waals surface area contributed by atoms with Gasteiger partial charge in [0.2, 0.25) is 0 Å². The average Bonchev–Trinajstić information content (AvgIpc) is 2.71. The van der Waals surface area contributed by atoms with Crippen LogP contribution in [0.3, 0.4) is 0 Å². The molecule has 0 bridgehead atoms. The van der Waals surface area contributed by atoms with Gasteiger partial charge in [0, 0.05) is 7.05 Å². The molecule has 3 rings (SSSR count). The summed E-state index contributed by atoms with van der Waals surface area (Å²) in [4.78, 5) is 4.30. The van der Waals surface area contributed by atoms with E-state index >= 15 is 0 Å². The summed E-state index contributed by atoms with van der Waals surface area (Å²) in [7, 11) is 1.96. The van der Waals surface area contributed by atoms with E-state index in [1.165, 1.54) is 12.1 Å². The fraction of sp³-hybridized carbons (Fsp3) is 0.0714. The lowest BCUT2D eigenvalue weighted by Gasteiger charge is -2.02. The lowest BCUT2D eigenvalue weighted by Crippen LogP contribution is -1.84. The molecule has 0 atom stereocenters. The number of rotatable bonds is 1. The number of benzene rings is 2. The van der Waals surface area contributed by atoms with Crippen molar-refractivity contribution in [2.24, 2.45) is 7.05 Å². The predicted octanol–water partition coefficient (Wildman–Crippen LogP) is 3.38. The third-order valence-electron chi connectivity index (χ3n) is 2.88. The first-order valence-electron chi connectivity index (χ1n) is 5.41. The summed E-state index contributed by atoms with van der Waals surface area (Å²) in [5, 5.41) is 0. The Morgan fingerprint density at radius 3 is 2.71 bits per heavy atom. The molecule has 3 heteroatoms. The molecule has 0 fully saturated rings. The Kier molecular flexibility index (Phi) is 2.18. The molecular formula is C14H11FN2. The van der Waals surface area contributed by atoms with Gasteiger partial charge in [-0.25, -0.2) is 9.37 Å². The minimum absolute atomic E-state index is 0.219. The Hall–Kier alpha value is -2.16. The number of halogens is 1. The van der Waals surface area contributed by atoms with Crippen LogP contribution in [0.1, 0.15) is 0 Å². The van der Waals surface area contributed by atoms with Gasteiger partial charge in [0.25, 0.3) is 0 Å². The van der Waals surface area contributed by atoms with Crippen molar-refractivity contribution in [2.45, 2.75) is 0 Å². The van der Waals surface area contributed by atoms with Crippen LogP contribution >= 0.6 is 0 Å². The van der Waals surface area contributed by atoms with E-state index in [-0.39, 0.29) is 5.82 Å². The quantitative estimate of drug-likeness (QED) is 0.622. The third kappa shape index (κ3) is 1.69. The molecule has 0 amide bonds. The van der Waals surface area contributed by atoms with Crippen molar-refractivity contribution in [1.82, 2.24) is 9.55 Å². The van der Waals surface area contributed by atoms with Gasteiger partial charge in [0.05, 0.1) is 17.4 Å². The molecule has 0 aliphatic heterocycles. The van der Waals surface area contributed by atoms with Gasteiger partial charge in [0.15, 0.2) is 0 Å². The van der Waals surface area contributed by atoms with E-state index in [1.54, 1.807) is 12.4 Å². The number of hydrogen-bond acceptors (Lipinski definition) is 1. The molecule has 3 aromatic rings. The molecule has 1 aromatic heterocycles. The maximum atomic E-state index is 13.2. The monoisotopic (exact) mass is 226 g/mol. The van der Waals surface area contributed by atoms with Crippen LogP contribution in [0.2, 0.25) is 0 Å². The van der Waals surface area contributed by atoms with Gasteiger partial charge in [0.1, 0.15) is 5.82 Å². The van der Waals surface area contributed by atoms with Gasteiger partial charge in [-0.3, -0.25) is 0 Å². The molecule has 84 valence electrons. The van der Waals surface area contributed by atoms with E-state index in [1.807, 2.05) is 35.9 Å². The topological polar surface area (TPSA) is 17.8 Å². The second kappa shape index (κ2) is 3.70. The Balaban J connectivity index is 2.18. The summed E-state index contributed by atoms with van der Waals surface area (Å²) < 4.78 is 15.1. The van der Waals surface area contributed by atoms with E-state index in [2.05, 4.69) is 4.98 Å². The normalized spacial score (nSPS) is 10.9. The molecule has 17 heavy (non-hydrogen) atoms. The highest BCUT2D eigenvalue weighted by atomic mass is 19.1. The van der Waals surface area contributed by atoms with Crippen LogP contribution in [0.5, 0.6) is 0 Å². The molecule has 2 aromatic carbocycles. The minimum Gasteiger partial charge on any atom is -0.334 e. The second-order valence-corrected chi connectivity index (χ2v) is 4.07. The van der Waals surface area contributed by atoms with Gasteiger partial charge in [-0.05, 0) is 35.4 Å². The summed E-state index contributed by atoms with van der Waals surface area (Å²) >= 11 is 0. The maximum Gasteiger partial charge on any atom is 0.123 e. The molecule has 0 saturated heterocycles. The molecule has 0 N–H and O–H groups in total. The number of fused-ring (bicyclic) bond motifs is 1. The zero-order chi connectivity index (χ0) is 11.8. The van der Waals surface area contributed by atoms with Crippen LogP contribution in [-0.2, 0) is 7.05 Å². The van der Waals surface area contributed by atoms with Crippen LogP contribution in [-0.4, -0.2) is 9.55 Å². The SMILES string of the molecule is Cn1cnc2cc(-c3cccc(F)c3)ccc21. The van der Waals surface area contributed by atoms with Crippen LogP contribution in [0.4, 0.5) is 4.39 Å². The van der Waals surface area contributed by atoms with E-state index in [4.69, 9.17) is 0 Å². The highest BCUT2D eigenvalue weighted by Crippen LogP contribution is 2.23. The summed E-state index contributed by atoms with van der Waals surface area (Å²) in [6, 6.07) is 12.6. The minimum atomic E-state index is -0.219. The van der Waals surface area contributed by atoms with Crippen molar-refractivity contribution in [1.29, 1.82) is 0 Å². The summed E-state index contributed by atoms with van der Waals surface area (Å²) in [6.45, 7) is 0. The van der Waals surface area contributed by atoms with Crippen LogP contribution in [0.15, 0.2) is 48.8 Å². The second-order valence-electron chi connectivity index (χ2n) is 4.07. The lowest BCUT2D eigenvalue weighted by atomic mass is 10.1. The summed E-state index contributed by atoms with van der Waals surface area (Å²) in [5.41, 5.74) is 3.85. The average molecular weight is 226 g/mol. The van der Waals surface area contributed by atoms with Crippen molar-refractivity contribution in [2.75, 3.05) is 0 Å². The lowest BCUT2D eigenvalue weighted by molar-refractivity contribution is 0.628. The Bertz CT molecular complexity index is 686. The fourth-order valence-electron chi connectivity index (χ4n) is 1.98. The molecule has 0 unspecified atom stereocenters. The molecular weight excluding hydrogens is 215 g/mol. The van der Waals surface area contributed by atoms with E-state index in [9.17, 15) is 4.39 Å². The molecule has 0 spiro atoms. The Morgan fingerprint density at radius 2 is 1.88 bits per heavy atom. The Labute approximate surface area is 98.3 Å². The molecule has 0 aliphatic carbocycles. The van der Waals surface area contributed by atoms with Crippen LogP contribution < -0.4 is 0 Å². The fourth-order valence-corrected chi connectivity index (χ4v) is 1.98. The van der Waals surface area contributed by atoms with E-state index in [0.717, 1.165) is 22.2 Å². The van der Waals surface area contributed by atoms with Gasteiger partial charge < -0.3 is 4.57 Å². The van der Waals surface area contributed by atoms with Crippen molar-refractivity contribution in [3.05, 3.63) is 54.6 Å². The third-order valence-corrected chi connectivity index (χ3v) is 2.88. The van der Waals surface area contributed by atoms with Gasteiger partial charge in [-0.2, -0.15) is 0 Å². The van der Waals surface area contributed by atoms with E-state index < -0.39 is 0 Å². The molecule has 0 aliphatic rings. The highest BCUT2D eigenvalue weighted by Gasteiger charge is 2.03. The first-order valence-corrected chi connectivity index (χ1v) is 5.41. The smallest absolute Gasteiger partial charge is 0.123 e. The van der Waals surface area contributed by atoms with Crippen molar-refractivity contribution >= 4 is 11.0 Å². The van der Waals surface area contributed by atoms with Crippen molar-refractivity contribution < 1.29 is 4.39 Å². The van der Waals surface area contributed by atoms with Crippen molar-refractivity contribution in [3.63, 3.8) is 0 Å². The van der Waals surface area contributed by atoms with Crippen molar-refractivity contribution in [3.8, 4) is 11.1 Å². The van der Waals surface area contributed by atoms with Gasteiger partial charge in [-0.1, -0.05) is 18.2 Å². The van der Waals surface area contributed by atoms with Crippen LogP contribution in [0, 0.1) is 5.82 Å². The summed E-state index contributed by atoms with van der Waals surface area (Å²) in [6.07, 6.45) is 1.78. The number of imidazole rings is 1.